The molecule has 8 nitrogen and oxygen atoms in total. The number of rotatable bonds is 2. The van der Waals surface area contributed by atoms with E-state index in [1.165, 1.54) is 9.80 Å². The molecule has 4 fully saturated rings. The van der Waals surface area contributed by atoms with Crippen LogP contribution in [-0.2, 0) is 19.2 Å². The molecule has 0 N–H and O–H groups in total. The fourth-order valence-electron chi connectivity index (χ4n) is 7.23. The summed E-state index contributed by atoms with van der Waals surface area (Å²) in [6, 6.07) is 10.6. The molecule has 0 radical (unpaired) electrons. The van der Waals surface area contributed by atoms with Crippen LogP contribution in [0, 0.1) is 47.3 Å². The third kappa shape index (κ3) is 2.87. The first kappa shape index (κ1) is 21.4. The minimum atomic E-state index is -0.144. The number of anilines is 2. The van der Waals surface area contributed by atoms with Gasteiger partial charge in [0.1, 0.15) is 11.6 Å². The molecular formula is C28H24N4O4. The Balaban J connectivity index is 0.000000122. The smallest absolute Gasteiger partial charge is 0.239 e. The highest BCUT2D eigenvalue weighted by Gasteiger charge is 2.61. The van der Waals surface area contributed by atoms with Gasteiger partial charge in [0.2, 0.25) is 23.6 Å². The number of aromatic nitrogens is 2. The molecule has 4 aliphatic carbocycles. The summed E-state index contributed by atoms with van der Waals surface area (Å²) < 4.78 is 0. The molecule has 8 rings (SSSR count). The van der Waals surface area contributed by atoms with E-state index in [-0.39, 0.29) is 71.0 Å². The average molecular weight is 481 g/mol. The Morgan fingerprint density at radius 1 is 0.528 bits per heavy atom. The Kier molecular flexibility index (Phi) is 4.61. The van der Waals surface area contributed by atoms with E-state index < -0.39 is 0 Å². The van der Waals surface area contributed by atoms with Gasteiger partial charge in [0, 0.05) is 12.4 Å². The number of hydrogen-bond acceptors (Lipinski definition) is 6. The number of hydrogen-bond donors (Lipinski definition) is 0. The first-order valence-corrected chi connectivity index (χ1v) is 12.5. The van der Waals surface area contributed by atoms with Gasteiger partial charge in [0.05, 0.1) is 23.7 Å². The summed E-state index contributed by atoms with van der Waals surface area (Å²) in [6.45, 7) is 0. The number of carbonyl (C=O) groups is 4. The molecule has 2 saturated heterocycles. The van der Waals surface area contributed by atoms with Gasteiger partial charge in [0.25, 0.3) is 0 Å². The van der Waals surface area contributed by atoms with E-state index in [4.69, 9.17) is 0 Å². The fourth-order valence-corrected chi connectivity index (χ4v) is 7.23. The Bertz CT molecular complexity index is 1180. The molecule has 8 atom stereocenters. The van der Waals surface area contributed by atoms with Crippen LogP contribution in [0.25, 0.3) is 0 Å². The summed E-state index contributed by atoms with van der Waals surface area (Å²) in [5.41, 5.74) is 0. The molecule has 36 heavy (non-hydrogen) atoms. The molecule has 2 saturated carbocycles. The standard InChI is InChI=1S/2C14H12N2O2/c2*17-13-11-8-4-5-9(7-8)12(11)14(18)16(13)10-3-1-2-6-15-10/h2*1-6,8-9,11-12H,7H2/t2*8-,9+,11+,12-. The second kappa shape index (κ2) is 7.78. The third-order valence-corrected chi connectivity index (χ3v) is 8.70. The molecule has 0 spiro atoms. The Morgan fingerprint density at radius 2 is 0.861 bits per heavy atom. The van der Waals surface area contributed by atoms with Crippen molar-refractivity contribution in [1.82, 2.24) is 9.97 Å². The van der Waals surface area contributed by atoms with Crippen molar-refractivity contribution in [2.45, 2.75) is 12.8 Å². The number of pyridine rings is 2. The van der Waals surface area contributed by atoms with Gasteiger partial charge in [-0.15, -0.1) is 0 Å². The number of carbonyl (C=O) groups excluding carboxylic acids is 4. The van der Waals surface area contributed by atoms with Crippen molar-refractivity contribution in [2.24, 2.45) is 47.3 Å². The number of nitrogens with zero attached hydrogens (tertiary/aromatic N) is 4. The summed E-state index contributed by atoms with van der Waals surface area (Å²) in [4.78, 5) is 60.5. The van der Waals surface area contributed by atoms with Gasteiger partial charge in [-0.25, -0.2) is 19.8 Å². The lowest BCUT2D eigenvalue weighted by molar-refractivity contribution is -0.124. The summed E-state index contributed by atoms with van der Waals surface area (Å²) in [6.07, 6.45) is 13.5. The first-order chi connectivity index (χ1) is 17.5. The third-order valence-electron chi connectivity index (χ3n) is 8.70. The van der Waals surface area contributed by atoms with Crippen LogP contribution in [0.3, 0.4) is 0 Å². The number of amides is 4. The van der Waals surface area contributed by atoms with Crippen molar-refractivity contribution in [3.05, 3.63) is 73.1 Å². The Morgan fingerprint density at radius 3 is 1.14 bits per heavy atom. The van der Waals surface area contributed by atoms with Crippen LogP contribution in [-0.4, -0.2) is 33.6 Å². The van der Waals surface area contributed by atoms with Gasteiger partial charge in [-0.2, -0.15) is 0 Å². The highest BCUT2D eigenvalue weighted by molar-refractivity contribution is 6.23. The molecule has 4 bridgehead atoms. The Hall–Kier alpha value is -3.94. The molecule has 0 unspecified atom stereocenters. The van der Waals surface area contributed by atoms with Crippen molar-refractivity contribution in [1.29, 1.82) is 0 Å². The second-order valence-electron chi connectivity index (χ2n) is 10.4. The average Bonchev–Trinajstić information content (AvgIpc) is 3.74. The Labute approximate surface area is 207 Å². The van der Waals surface area contributed by atoms with Gasteiger partial charge < -0.3 is 0 Å². The van der Waals surface area contributed by atoms with Crippen LogP contribution < -0.4 is 9.80 Å². The zero-order valence-electron chi connectivity index (χ0n) is 19.4. The van der Waals surface area contributed by atoms with Crippen molar-refractivity contribution in [3.8, 4) is 0 Å². The molecule has 2 aromatic heterocycles. The molecule has 2 aromatic rings. The minimum absolute atomic E-state index is 0.0689. The van der Waals surface area contributed by atoms with E-state index in [9.17, 15) is 19.2 Å². The van der Waals surface area contributed by atoms with Crippen molar-refractivity contribution < 1.29 is 19.2 Å². The topological polar surface area (TPSA) is 101 Å². The SMILES string of the molecule is O=C1[C@@H]2[C@H](C(=O)N1c1ccccn1)[C@H]1C=C[C@@H]2C1.O=C1[C@@H]2[C@H](C(=O)N1c1ccccn1)[C@H]1C=C[C@@H]2C1. The van der Waals surface area contributed by atoms with Gasteiger partial charge >= 0.3 is 0 Å². The lowest BCUT2D eigenvalue weighted by Gasteiger charge is -2.15. The maximum atomic E-state index is 12.4. The molecule has 4 amide bonds. The van der Waals surface area contributed by atoms with E-state index in [0.29, 0.717) is 11.6 Å². The highest BCUT2D eigenvalue weighted by Crippen LogP contribution is 2.54. The zero-order valence-corrected chi connectivity index (χ0v) is 19.4. The van der Waals surface area contributed by atoms with E-state index in [2.05, 4.69) is 34.3 Å². The largest absolute Gasteiger partial charge is 0.274 e. The summed E-state index contributed by atoms with van der Waals surface area (Å²) >= 11 is 0. The van der Waals surface area contributed by atoms with Crippen LogP contribution in [0.15, 0.2) is 73.1 Å². The maximum absolute atomic E-state index is 12.4. The van der Waals surface area contributed by atoms with Crippen LogP contribution in [0.4, 0.5) is 11.6 Å². The quantitative estimate of drug-likeness (QED) is 0.484. The number of imide groups is 2. The van der Waals surface area contributed by atoms with Crippen molar-refractivity contribution in [3.63, 3.8) is 0 Å². The minimum Gasteiger partial charge on any atom is -0.274 e. The lowest BCUT2D eigenvalue weighted by atomic mass is 9.85. The molecule has 0 aromatic carbocycles. The molecule has 8 heteroatoms. The predicted octanol–water partition coefficient (Wildman–Crippen LogP) is 2.79. The van der Waals surface area contributed by atoms with Crippen molar-refractivity contribution >= 4 is 35.3 Å². The monoisotopic (exact) mass is 480 g/mol. The van der Waals surface area contributed by atoms with Gasteiger partial charge in [-0.05, 0) is 60.8 Å². The van der Waals surface area contributed by atoms with Gasteiger partial charge in [-0.3, -0.25) is 19.2 Å². The highest BCUT2D eigenvalue weighted by atomic mass is 16.2. The molecule has 6 aliphatic rings. The summed E-state index contributed by atoms with van der Waals surface area (Å²) in [5.74, 6) is 1.09. The normalized spacial score (nSPS) is 36.6. The molecule has 4 heterocycles. The number of fused-ring (bicyclic) bond motifs is 10. The van der Waals surface area contributed by atoms with E-state index in [1.807, 2.05) is 0 Å². The fraction of sp³-hybridized carbons (Fsp3) is 0.357. The number of allylic oxidation sites excluding steroid dienone is 4. The summed E-state index contributed by atoms with van der Waals surface area (Å²) in [7, 11) is 0. The van der Waals surface area contributed by atoms with Gasteiger partial charge in [-0.1, -0.05) is 36.4 Å². The molecule has 2 aliphatic heterocycles. The van der Waals surface area contributed by atoms with E-state index in [0.717, 1.165) is 12.8 Å². The summed E-state index contributed by atoms with van der Waals surface area (Å²) in [5, 5.41) is 0. The van der Waals surface area contributed by atoms with Crippen LogP contribution in [0.5, 0.6) is 0 Å². The van der Waals surface area contributed by atoms with Crippen LogP contribution in [0.1, 0.15) is 12.8 Å². The first-order valence-electron chi connectivity index (χ1n) is 12.5. The molecular weight excluding hydrogens is 456 g/mol. The van der Waals surface area contributed by atoms with Gasteiger partial charge in [0.15, 0.2) is 0 Å². The van der Waals surface area contributed by atoms with Crippen molar-refractivity contribution in [2.75, 3.05) is 9.80 Å². The lowest BCUT2D eigenvalue weighted by Crippen LogP contribution is -2.33. The van der Waals surface area contributed by atoms with Crippen LogP contribution in [0.2, 0.25) is 0 Å². The predicted molar refractivity (Wildman–Crippen MR) is 129 cm³/mol. The van der Waals surface area contributed by atoms with E-state index in [1.54, 1.807) is 48.8 Å². The second-order valence-corrected chi connectivity index (χ2v) is 10.4. The van der Waals surface area contributed by atoms with Crippen LogP contribution >= 0.6 is 0 Å². The zero-order chi connectivity index (χ0) is 24.6. The van der Waals surface area contributed by atoms with E-state index >= 15 is 0 Å². The molecule has 180 valence electrons. The maximum Gasteiger partial charge on any atom is 0.239 e.